The number of aliphatic carboxylic acids is 1. The molecule has 0 aliphatic carbocycles. The monoisotopic (exact) mass is 252 g/mol. The van der Waals surface area contributed by atoms with Gasteiger partial charge >= 0.3 is 5.97 Å². The molecule has 0 aliphatic rings. The molecule has 0 saturated carbocycles. The largest absolute Gasteiger partial charge is 0.481 e. The van der Waals surface area contributed by atoms with Gasteiger partial charge in [-0.3, -0.25) is 4.79 Å². The van der Waals surface area contributed by atoms with Crippen LogP contribution in [0.25, 0.3) is 12.2 Å². The molecule has 0 bridgehead atoms. The first-order valence-electron chi connectivity index (χ1n) is 6.28. The Hall–Kier alpha value is -2.35. The summed E-state index contributed by atoms with van der Waals surface area (Å²) in [6, 6.07) is 18.0. The minimum atomic E-state index is -0.762. The van der Waals surface area contributed by atoms with Gasteiger partial charge in [0.1, 0.15) is 0 Å². The highest BCUT2D eigenvalue weighted by atomic mass is 16.4. The summed E-state index contributed by atoms with van der Waals surface area (Å²) < 4.78 is 0. The van der Waals surface area contributed by atoms with E-state index in [4.69, 9.17) is 5.11 Å². The highest BCUT2D eigenvalue weighted by Gasteiger charge is 2.02. The molecule has 2 heteroatoms. The average Bonchev–Trinajstić information content (AvgIpc) is 2.45. The zero-order valence-electron chi connectivity index (χ0n) is 10.6. The van der Waals surface area contributed by atoms with Crippen LogP contribution in [0.15, 0.2) is 54.6 Å². The van der Waals surface area contributed by atoms with Crippen molar-refractivity contribution >= 4 is 18.1 Å². The smallest absolute Gasteiger partial charge is 0.303 e. The molecule has 0 spiro atoms. The molecule has 2 aromatic rings. The summed E-state index contributed by atoms with van der Waals surface area (Å²) in [4.78, 5) is 10.6. The Morgan fingerprint density at radius 1 is 0.947 bits per heavy atom. The molecule has 0 radical (unpaired) electrons. The molecule has 0 aliphatic heterocycles. The molecule has 2 nitrogen and oxygen atoms in total. The maximum atomic E-state index is 10.6. The van der Waals surface area contributed by atoms with Crippen LogP contribution in [0.5, 0.6) is 0 Å². The van der Waals surface area contributed by atoms with Crippen LogP contribution in [0.4, 0.5) is 0 Å². The molecule has 2 rings (SSSR count). The second-order valence-corrected chi connectivity index (χ2v) is 4.34. The number of hydrogen-bond donors (Lipinski definition) is 1. The average molecular weight is 252 g/mol. The third-order valence-corrected chi connectivity index (χ3v) is 2.92. The van der Waals surface area contributed by atoms with Crippen LogP contribution in [0, 0.1) is 0 Å². The SMILES string of the molecule is O=C(O)CCc1ccccc1C=Cc1ccccc1. The summed E-state index contributed by atoms with van der Waals surface area (Å²) in [5.41, 5.74) is 3.28. The van der Waals surface area contributed by atoms with Gasteiger partial charge in [-0.25, -0.2) is 0 Å². The van der Waals surface area contributed by atoms with Crippen molar-refractivity contribution < 1.29 is 9.90 Å². The minimum absolute atomic E-state index is 0.163. The van der Waals surface area contributed by atoms with Gasteiger partial charge in [-0.05, 0) is 23.1 Å². The van der Waals surface area contributed by atoms with E-state index in [1.54, 1.807) is 0 Å². The van der Waals surface area contributed by atoms with Crippen LogP contribution in [0.2, 0.25) is 0 Å². The van der Waals surface area contributed by atoms with Crippen LogP contribution in [-0.2, 0) is 11.2 Å². The van der Waals surface area contributed by atoms with Crippen molar-refractivity contribution in [3.05, 3.63) is 71.3 Å². The number of carbonyl (C=O) groups is 1. The third kappa shape index (κ3) is 4.11. The molecule has 19 heavy (non-hydrogen) atoms. The lowest BCUT2D eigenvalue weighted by Gasteiger charge is -2.04. The molecule has 0 saturated heterocycles. The fourth-order valence-electron chi connectivity index (χ4n) is 1.92. The summed E-state index contributed by atoms with van der Waals surface area (Å²) in [7, 11) is 0. The molecule has 0 aromatic heterocycles. The van der Waals surface area contributed by atoms with Gasteiger partial charge in [0.05, 0.1) is 0 Å². The second kappa shape index (κ2) is 6.55. The molecule has 0 fully saturated rings. The topological polar surface area (TPSA) is 37.3 Å². The molecular formula is C17H16O2. The standard InChI is InChI=1S/C17H16O2/c18-17(19)13-12-16-9-5-4-8-15(16)11-10-14-6-2-1-3-7-14/h1-11H,12-13H2,(H,18,19). The van der Waals surface area contributed by atoms with Crippen molar-refractivity contribution in [1.29, 1.82) is 0 Å². The number of carboxylic acids is 1. The number of aryl methyl sites for hydroxylation is 1. The molecular weight excluding hydrogens is 236 g/mol. The first-order chi connectivity index (χ1) is 9.25. The van der Waals surface area contributed by atoms with Gasteiger partial charge < -0.3 is 5.11 Å². The van der Waals surface area contributed by atoms with E-state index in [0.29, 0.717) is 6.42 Å². The zero-order chi connectivity index (χ0) is 13.5. The predicted molar refractivity (Wildman–Crippen MR) is 77.8 cm³/mol. The summed E-state index contributed by atoms with van der Waals surface area (Å²) in [5, 5.41) is 8.76. The van der Waals surface area contributed by atoms with Crippen molar-refractivity contribution in [3.8, 4) is 0 Å². The van der Waals surface area contributed by atoms with Gasteiger partial charge in [0.15, 0.2) is 0 Å². The van der Waals surface area contributed by atoms with Crippen molar-refractivity contribution in [2.45, 2.75) is 12.8 Å². The third-order valence-electron chi connectivity index (χ3n) is 2.92. The van der Waals surface area contributed by atoms with E-state index >= 15 is 0 Å². The lowest BCUT2D eigenvalue weighted by molar-refractivity contribution is -0.136. The van der Waals surface area contributed by atoms with E-state index in [1.807, 2.05) is 66.7 Å². The van der Waals surface area contributed by atoms with Gasteiger partial charge in [0, 0.05) is 6.42 Å². The predicted octanol–water partition coefficient (Wildman–Crippen LogP) is 3.87. The Labute approximate surface area is 113 Å². The molecule has 0 heterocycles. The Morgan fingerprint density at radius 3 is 2.37 bits per heavy atom. The van der Waals surface area contributed by atoms with Crippen LogP contribution >= 0.6 is 0 Å². The van der Waals surface area contributed by atoms with Gasteiger partial charge in [-0.2, -0.15) is 0 Å². The van der Waals surface area contributed by atoms with Gasteiger partial charge in [-0.1, -0.05) is 66.7 Å². The minimum Gasteiger partial charge on any atom is -0.481 e. The Morgan fingerprint density at radius 2 is 1.63 bits per heavy atom. The number of rotatable bonds is 5. The lowest BCUT2D eigenvalue weighted by atomic mass is 10.0. The molecule has 1 N–H and O–H groups in total. The van der Waals surface area contributed by atoms with Crippen LogP contribution in [-0.4, -0.2) is 11.1 Å². The molecule has 0 unspecified atom stereocenters. The maximum Gasteiger partial charge on any atom is 0.303 e. The summed E-state index contributed by atoms with van der Waals surface area (Å²) in [5.74, 6) is -0.762. The van der Waals surface area contributed by atoms with E-state index in [9.17, 15) is 4.79 Å². The van der Waals surface area contributed by atoms with Crippen molar-refractivity contribution in [3.63, 3.8) is 0 Å². The van der Waals surface area contributed by atoms with Crippen LogP contribution in [0.1, 0.15) is 23.1 Å². The molecule has 96 valence electrons. The van der Waals surface area contributed by atoms with Crippen molar-refractivity contribution in [1.82, 2.24) is 0 Å². The first kappa shape index (κ1) is 13.1. The molecule has 2 aromatic carbocycles. The number of carboxylic acid groups (broad SMARTS) is 1. The van der Waals surface area contributed by atoms with Crippen LogP contribution < -0.4 is 0 Å². The maximum absolute atomic E-state index is 10.6. The van der Waals surface area contributed by atoms with Gasteiger partial charge in [-0.15, -0.1) is 0 Å². The lowest BCUT2D eigenvalue weighted by Crippen LogP contribution is -1.98. The number of hydrogen-bond acceptors (Lipinski definition) is 1. The zero-order valence-corrected chi connectivity index (χ0v) is 10.6. The summed E-state index contributed by atoms with van der Waals surface area (Å²) in [6.07, 6.45) is 4.80. The Kier molecular flexibility index (Phi) is 4.51. The normalized spacial score (nSPS) is 10.7. The van der Waals surface area contributed by atoms with Gasteiger partial charge in [0.2, 0.25) is 0 Å². The van der Waals surface area contributed by atoms with Crippen LogP contribution in [0.3, 0.4) is 0 Å². The number of benzene rings is 2. The summed E-state index contributed by atoms with van der Waals surface area (Å²) in [6.45, 7) is 0. The van der Waals surface area contributed by atoms with Crippen molar-refractivity contribution in [2.75, 3.05) is 0 Å². The highest BCUT2D eigenvalue weighted by molar-refractivity contribution is 5.72. The van der Waals surface area contributed by atoms with Gasteiger partial charge in [0.25, 0.3) is 0 Å². The molecule has 0 amide bonds. The molecule has 0 atom stereocenters. The first-order valence-corrected chi connectivity index (χ1v) is 6.28. The Bertz CT molecular complexity index is 571. The van der Waals surface area contributed by atoms with E-state index < -0.39 is 5.97 Å². The Balaban J connectivity index is 2.16. The second-order valence-electron chi connectivity index (χ2n) is 4.34. The van der Waals surface area contributed by atoms with Crippen molar-refractivity contribution in [2.24, 2.45) is 0 Å². The fourth-order valence-corrected chi connectivity index (χ4v) is 1.92. The summed E-state index contributed by atoms with van der Waals surface area (Å²) >= 11 is 0. The van der Waals surface area contributed by atoms with E-state index in [-0.39, 0.29) is 6.42 Å². The van der Waals surface area contributed by atoms with E-state index in [2.05, 4.69) is 0 Å². The highest BCUT2D eigenvalue weighted by Crippen LogP contribution is 2.15. The van der Waals surface area contributed by atoms with E-state index in [0.717, 1.165) is 16.7 Å². The van der Waals surface area contributed by atoms with E-state index in [1.165, 1.54) is 0 Å². The quantitative estimate of drug-likeness (QED) is 0.820. The fraction of sp³-hybridized carbons (Fsp3) is 0.118.